The molecule has 1 rings (SSSR count). The number of aryl methyl sites for hydroxylation is 2. The normalized spacial score (nSPS) is 11.5. The summed E-state index contributed by atoms with van der Waals surface area (Å²) in [6.07, 6.45) is 6.14. The third-order valence-electron chi connectivity index (χ3n) is 1.70. The first-order valence-corrected chi connectivity index (χ1v) is 4.61. The number of aromatic nitrogens is 2. The highest BCUT2D eigenvalue weighted by molar-refractivity contribution is 5.73. The van der Waals surface area contributed by atoms with E-state index in [4.69, 9.17) is 15.9 Å². The topological polar surface area (TPSA) is 92.4 Å². The van der Waals surface area contributed by atoms with Gasteiger partial charge in [-0.3, -0.25) is 4.79 Å². The van der Waals surface area contributed by atoms with Gasteiger partial charge in [0, 0.05) is 0 Å². The summed E-state index contributed by atoms with van der Waals surface area (Å²) >= 11 is 0. The molecule has 1 heterocycles. The predicted molar refractivity (Wildman–Crippen MR) is 54.0 cm³/mol. The van der Waals surface area contributed by atoms with Crippen molar-refractivity contribution in [2.75, 3.05) is 6.61 Å². The molecule has 86 valence electrons. The van der Waals surface area contributed by atoms with Crippen LogP contribution in [0.4, 0.5) is 0 Å². The SMILES string of the molecule is CCn1cc[n+](C)c1.N[C@@H](CO)C(=O)O. The maximum Gasteiger partial charge on any atom is 0.322 e. The second-order valence-electron chi connectivity index (χ2n) is 3.04. The van der Waals surface area contributed by atoms with Gasteiger partial charge in [-0.25, -0.2) is 9.13 Å². The Labute approximate surface area is 88.6 Å². The minimum absolute atomic E-state index is 0.505. The Bertz CT molecular complexity index is 299. The van der Waals surface area contributed by atoms with Gasteiger partial charge in [0.1, 0.15) is 18.4 Å². The fourth-order valence-electron chi connectivity index (χ4n) is 0.767. The van der Waals surface area contributed by atoms with E-state index in [0.717, 1.165) is 6.54 Å². The van der Waals surface area contributed by atoms with Gasteiger partial charge >= 0.3 is 5.97 Å². The van der Waals surface area contributed by atoms with E-state index < -0.39 is 18.6 Å². The predicted octanol–water partition coefficient (Wildman–Crippen LogP) is -1.28. The number of nitrogens with two attached hydrogens (primary N) is 1. The maximum atomic E-state index is 9.65. The molecule has 6 heteroatoms. The van der Waals surface area contributed by atoms with Crippen LogP contribution < -0.4 is 10.3 Å². The van der Waals surface area contributed by atoms with Gasteiger partial charge in [0.2, 0.25) is 6.33 Å². The number of rotatable bonds is 3. The Balaban J connectivity index is 0.000000265. The summed E-state index contributed by atoms with van der Waals surface area (Å²) in [6, 6.07) is -1.13. The number of nitrogens with zero attached hydrogens (tertiary/aromatic N) is 2. The van der Waals surface area contributed by atoms with Crippen molar-refractivity contribution in [3.8, 4) is 0 Å². The Kier molecular flexibility index (Phi) is 6.32. The largest absolute Gasteiger partial charge is 0.480 e. The van der Waals surface area contributed by atoms with Crippen LogP contribution in [0.5, 0.6) is 0 Å². The first-order valence-electron chi connectivity index (χ1n) is 4.61. The highest BCUT2D eigenvalue weighted by Crippen LogP contribution is 1.79. The molecule has 0 spiro atoms. The molecule has 1 atom stereocenters. The van der Waals surface area contributed by atoms with E-state index in [2.05, 4.69) is 24.0 Å². The lowest BCUT2D eigenvalue weighted by atomic mass is 10.3. The number of imidazole rings is 1. The van der Waals surface area contributed by atoms with E-state index in [0.29, 0.717) is 0 Å². The minimum Gasteiger partial charge on any atom is -0.480 e. The van der Waals surface area contributed by atoms with Crippen LogP contribution in [0.15, 0.2) is 18.7 Å². The summed E-state index contributed by atoms with van der Waals surface area (Å²) in [4.78, 5) is 9.65. The van der Waals surface area contributed by atoms with E-state index in [1.54, 1.807) is 0 Å². The summed E-state index contributed by atoms with van der Waals surface area (Å²) in [5.41, 5.74) is 4.77. The van der Waals surface area contributed by atoms with Crippen molar-refractivity contribution in [1.82, 2.24) is 4.57 Å². The van der Waals surface area contributed by atoms with E-state index in [1.807, 2.05) is 17.8 Å². The van der Waals surface area contributed by atoms with Gasteiger partial charge in [-0.2, -0.15) is 0 Å². The van der Waals surface area contributed by atoms with Crippen LogP contribution in [0.2, 0.25) is 0 Å². The Morgan fingerprint density at radius 3 is 2.40 bits per heavy atom. The minimum atomic E-state index is -1.18. The van der Waals surface area contributed by atoms with Crippen molar-refractivity contribution < 1.29 is 19.6 Å². The van der Waals surface area contributed by atoms with Crippen LogP contribution in [0.3, 0.4) is 0 Å². The molecule has 4 N–H and O–H groups in total. The number of aliphatic carboxylic acids is 1. The zero-order chi connectivity index (χ0) is 11.8. The van der Waals surface area contributed by atoms with Gasteiger partial charge in [0.15, 0.2) is 0 Å². The first-order chi connectivity index (χ1) is 7.01. The molecule has 6 nitrogen and oxygen atoms in total. The monoisotopic (exact) mass is 216 g/mol. The molecule has 0 aromatic carbocycles. The van der Waals surface area contributed by atoms with Gasteiger partial charge in [0.05, 0.1) is 20.2 Å². The molecule has 0 amide bonds. The molecule has 0 radical (unpaired) electrons. The second-order valence-corrected chi connectivity index (χ2v) is 3.04. The van der Waals surface area contributed by atoms with Crippen molar-refractivity contribution in [2.45, 2.75) is 19.5 Å². The number of aliphatic hydroxyl groups is 1. The van der Waals surface area contributed by atoms with Gasteiger partial charge in [-0.1, -0.05) is 0 Å². The van der Waals surface area contributed by atoms with Gasteiger partial charge in [-0.05, 0) is 6.92 Å². The number of carboxylic acids is 1. The third-order valence-corrected chi connectivity index (χ3v) is 1.70. The molecular weight excluding hydrogens is 198 g/mol. The molecule has 0 bridgehead atoms. The highest BCUT2D eigenvalue weighted by Gasteiger charge is 2.06. The fraction of sp³-hybridized carbons (Fsp3) is 0.556. The Hall–Kier alpha value is -1.40. The van der Waals surface area contributed by atoms with Gasteiger partial charge in [-0.15, -0.1) is 0 Å². The van der Waals surface area contributed by atoms with Gasteiger partial charge < -0.3 is 15.9 Å². The number of carbonyl (C=O) groups is 1. The Morgan fingerprint density at radius 2 is 2.27 bits per heavy atom. The number of carboxylic acid groups (broad SMARTS) is 1. The first kappa shape index (κ1) is 13.6. The van der Waals surface area contributed by atoms with Crippen LogP contribution in [-0.4, -0.2) is 33.4 Å². The van der Waals surface area contributed by atoms with Crippen LogP contribution in [0.1, 0.15) is 6.92 Å². The molecule has 0 aliphatic rings. The quantitative estimate of drug-likeness (QED) is 0.549. The lowest BCUT2D eigenvalue weighted by Crippen LogP contribution is -2.33. The van der Waals surface area contributed by atoms with E-state index in [-0.39, 0.29) is 0 Å². The number of hydrogen-bond donors (Lipinski definition) is 3. The molecule has 0 saturated heterocycles. The summed E-state index contributed by atoms with van der Waals surface area (Å²) < 4.78 is 4.16. The van der Waals surface area contributed by atoms with Crippen molar-refractivity contribution in [1.29, 1.82) is 0 Å². The zero-order valence-corrected chi connectivity index (χ0v) is 9.00. The van der Waals surface area contributed by atoms with E-state index >= 15 is 0 Å². The summed E-state index contributed by atoms with van der Waals surface area (Å²) in [5, 5.41) is 15.9. The van der Waals surface area contributed by atoms with Crippen LogP contribution in [-0.2, 0) is 18.4 Å². The number of aliphatic hydroxyl groups excluding tert-OH is 1. The van der Waals surface area contributed by atoms with Crippen molar-refractivity contribution in [3.63, 3.8) is 0 Å². The average Bonchev–Trinajstić information content (AvgIpc) is 2.63. The second kappa shape index (κ2) is 6.97. The number of hydrogen-bond acceptors (Lipinski definition) is 3. The third kappa shape index (κ3) is 5.82. The van der Waals surface area contributed by atoms with Crippen LogP contribution in [0, 0.1) is 0 Å². The summed E-state index contributed by atoms with van der Waals surface area (Å²) in [5.74, 6) is -1.18. The molecule has 0 aliphatic carbocycles. The molecule has 0 aliphatic heterocycles. The van der Waals surface area contributed by atoms with Crippen LogP contribution >= 0.6 is 0 Å². The smallest absolute Gasteiger partial charge is 0.322 e. The van der Waals surface area contributed by atoms with E-state index in [1.165, 1.54) is 0 Å². The fourth-order valence-corrected chi connectivity index (χ4v) is 0.767. The highest BCUT2D eigenvalue weighted by atomic mass is 16.4. The zero-order valence-electron chi connectivity index (χ0n) is 9.00. The Morgan fingerprint density at radius 1 is 1.67 bits per heavy atom. The molecule has 0 fully saturated rings. The summed E-state index contributed by atoms with van der Waals surface area (Å²) in [7, 11) is 2.02. The molecule has 0 saturated carbocycles. The molecule has 1 aromatic heterocycles. The molecule has 15 heavy (non-hydrogen) atoms. The van der Waals surface area contributed by atoms with Crippen molar-refractivity contribution in [3.05, 3.63) is 18.7 Å². The lowest BCUT2D eigenvalue weighted by molar-refractivity contribution is -0.671. The van der Waals surface area contributed by atoms with Crippen molar-refractivity contribution >= 4 is 5.97 Å². The lowest BCUT2D eigenvalue weighted by Gasteiger charge is -1.96. The maximum absolute atomic E-state index is 9.65. The molecule has 1 aromatic rings. The average molecular weight is 216 g/mol. The van der Waals surface area contributed by atoms with E-state index in [9.17, 15) is 4.79 Å². The molecular formula is C9H18N3O3+. The van der Waals surface area contributed by atoms with Gasteiger partial charge in [0.25, 0.3) is 0 Å². The van der Waals surface area contributed by atoms with Crippen LogP contribution in [0.25, 0.3) is 0 Å². The standard InChI is InChI=1S/C6H11N2.C3H7NO3/c1-3-8-5-4-7(2)6-8;4-2(1-5)3(6)7/h4-6H,3H2,1-2H3;2,5H,1,4H2,(H,6,7)/q+1;/t;2-/m.0/s1. The molecule has 0 unspecified atom stereocenters. The van der Waals surface area contributed by atoms with Crippen molar-refractivity contribution in [2.24, 2.45) is 12.8 Å². The summed E-state index contributed by atoms with van der Waals surface area (Å²) in [6.45, 7) is 2.68.